The van der Waals surface area contributed by atoms with Crippen molar-refractivity contribution in [1.82, 2.24) is 19.2 Å². The van der Waals surface area contributed by atoms with E-state index in [2.05, 4.69) is 16.8 Å². The van der Waals surface area contributed by atoms with Crippen LogP contribution in [-0.2, 0) is 6.54 Å². The third kappa shape index (κ3) is 3.50. The van der Waals surface area contributed by atoms with E-state index in [1.165, 1.54) is 11.8 Å². The maximum atomic E-state index is 12.8. The van der Waals surface area contributed by atoms with Gasteiger partial charge in [0.1, 0.15) is 5.75 Å². The van der Waals surface area contributed by atoms with Gasteiger partial charge in [-0.05, 0) is 30.3 Å². The van der Waals surface area contributed by atoms with Crippen LogP contribution in [0.25, 0.3) is 16.7 Å². The molecule has 0 aliphatic heterocycles. The van der Waals surface area contributed by atoms with Crippen molar-refractivity contribution in [3.63, 3.8) is 0 Å². The molecule has 2 aromatic heterocycles. The molecule has 4 aromatic rings. The van der Waals surface area contributed by atoms with Crippen molar-refractivity contribution in [1.29, 1.82) is 0 Å². The molecule has 142 valence electrons. The molecule has 8 heteroatoms. The maximum Gasteiger partial charge on any atom is 0.263 e. The van der Waals surface area contributed by atoms with Crippen molar-refractivity contribution in [3.05, 3.63) is 76.6 Å². The first-order valence-electron chi connectivity index (χ1n) is 8.68. The van der Waals surface area contributed by atoms with Crippen LogP contribution in [0.3, 0.4) is 0 Å². The summed E-state index contributed by atoms with van der Waals surface area (Å²) in [5, 5.41) is 10.5. The van der Waals surface area contributed by atoms with Crippen molar-refractivity contribution < 1.29 is 4.74 Å². The first-order chi connectivity index (χ1) is 13.7. The molecular formula is C20H17ClN4O2S. The van der Waals surface area contributed by atoms with Crippen LogP contribution in [0.1, 0.15) is 0 Å². The predicted molar refractivity (Wildman–Crippen MR) is 113 cm³/mol. The zero-order valence-corrected chi connectivity index (χ0v) is 16.5. The van der Waals surface area contributed by atoms with E-state index < -0.39 is 0 Å². The molecule has 28 heavy (non-hydrogen) atoms. The second-order valence-corrected chi connectivity index (χ2v) is 7.49. The molecule has 0 fully saturated rings. The van der Waals surface area contributed by atoms with Gasteiger partial charge >= 0.3 is 0 Å². The first kappa shape index (κ1) is 18.6. The molecule has 0 radical (unpaired) electrons. The zero-order chi connectivity index (χ0) is 19.5. The fourth-order valence-corrected chi connectivity index (χ4v) is 3.91. The van der Waals surface area contributed by atoms with Crippen molar-refractivity contribution in [2.75, 3.05) is 12.4 Å². The van der Waals surface area contributed by atoms with E-state index >= 15 is 0 Å². The molecule has 0 N–H and O–H groups in total. The van der Waals surface area contributed by atoms with Gasteiger partial charge in [-0.1, -0.05) is 47.6 Å². The van der Waals surface area contributed by atoms with E-state index in [4.69, 9.17) is 16.3 Å². The molecule has 0 amide bonds. The quantitative estimate of drug-likeness (QED) is 0.260. The largest absolute Gasteiger partial charge is 0.493 e. The van der Waals surface area contributed by atoms with Gasteiger partial charge in [0.25, 0.3) is 5.56 Å². The lowest BCUT2D eigenvalue weighted by atomic mass is 10.2. The number of aromatic nitrogens is 4. The number of fused-ring (bicyclic) bond motifs is 3. The van der Waals surface area contributed by atoms with Crippen LogP contribution < -0.4 is 10.3 Å². The molecule has 0 spiro atoms. The Hall–Kier alpha value is -2.77. The summed E-state index contributed by atoms with van der Waals surface area (Å²) < 4.78 is 9.22. The monoisotopic (exact) mass is 412 g/mol. The van der Waals surface area contributed by atoms with Gasteiger partial charge in [-0.15, -0.1) is 16.8 Å². The summed E-state index contributed by atoms with van der Waals surface area (Å²) in [6.07, 6.45) is 1.68. The molecule has 0 aliphatic rings. The minimum absolute atomic E-state index is 0.101. The summed E-state index contributed by atoms with van der Waals surface area (Å²) >= 11 is 7.49. The number of ether oxygens (including phenoxy) is 1. The average Bonchev–Trinajstić information content (AvgIpc) is 3.12. The fraction of sp³-hybridized carbons (Fsp3) is 0.150. The summed E-state index contributed by atoms with van der Waals surface area (Å²) in [5.41, 5.74) is 0.683. The number of rotatable bonds is 7. The van der Waals surface area contributed by atoms with Crippen LogP contribution in [0.15, 0.2) is 71.1 Å². The van der Waals surface area contributed by atoms with Crippen LogP contribution in [0, 0.1) is 0 Å². The highest BCUT2D eigenvalue weighted by atomic mass is 35.5. The van der Waals surface area contributed by atoms with Gasteiger partial charge in [0, 0.05) is 17.3 Å². The van der Waals surface area contributed by atoms with Gasteiger partial charge in [0.05, 0.1) is 17.5 Å². The summed E-state index contributed by atoms with van der Waals surface area (Å²) in [4.78, 5) is 12.8. The van der Waals surface area contributed by atoms with Crippen molar-refractivity contribution in [2.24, 2.45) is 0 Å². The third-order valence-electron chi connectivity index (χ3n) is 4.17. The van der Waals surface area contributed by atoms with Gasteiger partial charge in [-0.2, -0.15) is 0 Å². The number of para-hydroxylation sites is 1. The molecule has 2 heterocycles. The van der Waals surface area contributed by atoms with E-state index in [1.807, 2.05) is 40.8 Å². The normalized spacial score (nSPS) is 11.2. The van der Waals surface area contributed by atoms with E-state index in [0.29, 0.717) is 40.2 Å². The summed E-state index contributed by atoms with van der Waals surface area (Å²) in [6, 6.07) is 14.8. The Labute approximate surface area is 170 Å². The van der Waals surface area contributed by atoms with Crippen molar-refractivity contribution in [3.8, 4) is 5.75 Å². The van der Waals surface area contributed by atoms with E-state index in [1.54, 1.807) is 22.8 Å². The van der Waals surface area contributed by atoms with E-state index in [9.17, 15) is 4.79 Å². The fourth-order valence-electron chi connectivity index (χ4n) is 2.97. The van der Waals surface area contributed by atoms with Crippen LogP contribution in [0.4, 0.5) is 0 Å². The molecule has 0 unspecified atom stereocenters. The Morgan fingerprint density at radius 2 is 2.04 bits per heavy atom. The zero-order valence-electron chi connectivity index (χ0n) is 14.9. The number of hydrogen-bond acceptors (Lipinski definition) is 5. The molecule has 0 aliphatic carbocycles. The third-order valence-corrected chi connectivity index (χ3v) is 5.30. The van der Waals surface area contributed by atoms with Gasteiger partial charge in [-0.3, -0.25) is 13.8 Å². The lowest BCUT2D eigenvalue weighted by molar-refractivity contribution is 0.344. The van der Waals surface area contributed by atoms with Crippen LogP contribution in [0.5, 0.6) is 5.75 Å². The minimum Gasteiger partial charge on any atom is -0.493 e. The number of allylic oxidation sites excluding steroid dienone is 1. The molecule has 6 nitrogen and oxygen atoms in total. The number of thioether (sulfide) groups is 1. The van der Waals surface area contributed by atoms with Crippen LogP contribution in [0.2, 0.25) is 5.02 Å². The average molecular weight is 413 g/mol. The molecule has 0 bridgehead atoms. The molecular weight excluding hydrogens is 396 g/mol. The number of halogens is 1. The van der Waals surface area contributed by atoms with Gasteiger partial charge in [0.2, 0.25) is 5.78 Å². The highest BCUT2D eigenvalue weighted by Crippen LogP contribution is 2.22. The van der Waals surface area contributed by atoms with Crippen LogP contribution >= 0.6 is 23.4 Å². The number of hydrogen-bond donors (Lipinski definition) is 0. The summed E-state index contributed by atoms with van der Waals surface area (Å²) in [5.74, 6) is 1.90. The topological polar surface area (TPSA) is 61.4 Å². The molecule has 0 saturated heterocycles. The minimum atomic E-state index is -0.101. The first-order valence-corrected chi connectivity index (χ1v) is 10.0. The smallest absolute Gasteiger partial charge is 0.263 e. The molecule has 2 aromatic carbocycles. The SMILES string of the molecule is C=CCn1c(=O)c2ccccc2n2c(SCCOc3cccc(Cl)c3)nnc12. The molecule has 0 atom stereocenters. The van der Waals surface area contributed by atoms with Crippen molar-refractivity contribution >= 4 is 40.0 Å². The van der Waals surface area contributed by atoms with Gasteiger partial charge in [0.15, 0.2) is 5.16 Å². The second kappa shape index (κ2) is 8.08. The van der Waals surface area contributed by atoms with Crippen molar-refractivity contribution in [2.45, 2.75) is 11.7 Å². The molecule has 4 rings (SSSR count). The predicted octanol–water partition coefficient (Wildman–Crippen LogP) is 4.05. The Balaban J connectivity index is 1.63. The number of benzene rings is 2. The van der Waals surface area contributed by atoms with E-state index in [-0.39, 0.29) is 5.56 Å². The molecule has 0 saturated carbocycles. The lowest BCUT2D eigenvalue weighted by Crippen LogP contribution is -2.22. The van der Waals surface area contributed by atoms with Gasteiger partial charge < -0.3 is 4.74 Å². The highest BCUT2D eigenvalue weighted by Gasteiger charge is 2.16. The highest BCUT2D eigenvalue weighted by molar-refractivity contribution is 7.99. The van der Waals surface area contributed by atoms with E-state index in [0.717, 1.165) is 11.3 Å². The van der Waals surface area contributed by atoms with Crippen LogP contribution in [-0.4, -0.2) is 31.5 Å². The lowest BCUT2D eigenvalue weighted by Gasteiger charge is -2.10. The standard InChI is InChI=1S/C20H17ClN4O2S/c1-2-10-24-18(26)16-8-3-4-9-17(16)25-19(24)22-23-20(25)28-12-11-27-15-7-5-6-14(21)13-15/h2-9,13H,1,10-12H2. The Bertz CT molecular complexity index is 1220. The second-order valence-electron chi connectivity index (χ2n) is 5.99. The summed E-state index contributed by atoms with van der Waals surface area (Å²) in [6.45, 7) is 4.60. The number of nitrogens with zero attached hydrogens (tertiary/aromatic N) is 4. The van der Waals surface area contributed by atoms with Gasteiger partial charge in [-0.25, -0.2) is 0 Å². The Morgan fingerprint density at radius 1 is 1.18 bits per heavy atom. The maximum absolute atomic E-state index is 12.8. The Kier molecular flexibility index (Phi) is 5.36. The summed E-state index contributed by atoms with van der Waals surface area (Å²) in [7, 11) is 0. The Morgan fingerprint density at radius 3 is 2.86 bits per heavy atom.